The zero-order chi connectivity index (χ0) is 35.3. The topological polar surface area (TPSA) is 38.7 Å². The molecule has 11 rings (SSSR count). The summed E-state index contributed by atoms with van der Waals surface area (Å²) in [5.74, 6) is 1.97. The quantitative estimate of drug-likeness (QED) is 0.186. The molecule has 3 nitrogen and oxygen atoms in total. The molecule has 0 saturated heterocycles. The molecule has 0 fully saturated rings. The molecule has 9 aromatic rings. The summed E-state index contributed by atoms with van der Waals surface area (Å²) in [6.07, 6.45) is 0. The summed E-state index contributed by atoms with van der Waals surface area (Å²) in [7, 11) is 0. The molecule has 0 atom stereocenters. The molecule has 8 aromatic carbocycles. The van der Waals surface area contributed by atoms with Gasteiger partial charge >= 0.3 is 0 Å². The monoisotopic (exact) mass is 675 g/mol. The van der Waals surface area contributed by atoms with Crippen molar-refractivity contribution in [2.24, 2.45) is 0 Å². The van der Waals surface area contributed by atoms with Crippen LogP contribution in [0.4, 0.5) is 0 Å². The lowest BCUT2D eigenvalue weighted by Crippen LogP contribution is -2.16. The van der Waals surface area contributed by atoms with Crippen molar-refractivity contribution in [3.63, 3.8) is 0 Å². The maximum atomic E-state index is 5.14. The Morgan fingerprint density at radius 2 is 0.906 bits per heavy atom. The molecule has 53 heavy (non-hydrogen) atoms. The van der Waals surface area contributed by atoms with E-state index in [0.717, 1.165) is 22.1 Å². The summed E-state index contributed by atoms with van der Waals surface area (Å²) in [6.45, 7) is 4.80. The van der Waals surface area contributed by atoms with Gasteiger partial charge in [0, 0.05) is 22.1 Å². The van der Waals surface area contributed by atoms with Gasteiger partial charge in [-0.3, -0.25) is 0 Å². The number of fused-ring (bicyclic) bond motifs is 3. The third-order valence-electron chi connectivity index (χ3n) is 11.4. The Kier molecular flexibility index (Phi) is 6.30. The molecule has 0 unspecified atom stereocenters. The second-order valence-corrected chi connectivity index (χ2v) is 14.8. The Morgan fingerprint density at radius 3 is 1.58 bits per heavy atom. The molecule has 248 valence electrons. The van der Waals surface area contributed by atoms with E-state index in [2.05, 4.69) is 141 Å². The molecule has 1 heterocycles. The first-order valence-corrected chi connectivity index (χ1v) is 18.3. The Labute approximate surface area is 308 Å². The van der Waals surface area contributed by atoms with Crippen molar-refractivity contribution in [2.75, 3.05) is 0 Å². The van der Waals surface area contributed by atoms with Gasteiger partial charge in [0.15, 0.2) is 17.5 Å². The van der Waals surface area contributed by atoms with Crippen molar-refractivity contribution >= 4 is 21.5 Å². The summed E-state index contributed by atoms with van der Waals surface area (Å²) >= 11 is 0. The van der Waals surface area contributed by atoms with Crippen molar-refractivity contribution in [1.82, 2.24) is 15.0 Å². The largest absolute Gasteiger partial charge is 0.208 e. The molecule has 0 spiro atoms. The first-order valence-electron chi connectivity index (χ1n) is 18.3. The fraction of sp³-hybridized carbons (Fsp3) is 0.0600. The molecule has 2 aliphatic carbocycles. The van der Waals surface area contributed by atoms with Gasteiger partial charge in [0.2, 0.25) is 0 Å². The van der Waals surface area contributed by atoms with Crippen LogP contribution in [0.2, 0.25) is 0 Å². The van der Waals surface area contributed by atoms with Crippen LogP contribution in [-0.4, -0.2) is 15.0 Å². The second kappa shape index (κ2) is 11.1. The molecule has 2 aliphatic rings. The molecule has 1 aromatic heterocycles. The fourth-order valence-corrected chi connectivity index (χ4v) is 9.05. The van der Waals surface area contributed by atoms with E-state index in [1.54, 1.807) is 0 Å². The third kappa shape index (κ3) is 4.37. The lowest BCUT2D eigenvalue weighted by molar-refractivity contribution is 0.662. The van der Waals surface area contributed by atoms with Gasteiger partial charge in [-0.1, -0.05) is 166 Å². The van der Waals surface area contributed by atoms with E-state index in [-0.39, 0.29) is 5.41 Å². The van der Waals surface area contributed by atoms with Gasteiger partial charge in [0.05, 0.1) is 0 Å². The zero-order valence-corrected chi connectivity index (χ0v) is 29.4. The van der Waals surface area contributed by atoms with Crippen molar-refractivity contribution in [1.29, 1.82) is 0 Å². The van der Waals surface area contributed by atoms with E-state index in [4.69, 9.17) is 15.0 Å². The van der Waals surface area contributed by atoms with E-state index in [0.29, 0.717) is 17.5 Å². The van der Waals surface area contributed by atoms with E-state index >= 15 is 0 Å². The number of benzene rings is 8. The standard InChI is InChI=1S/C50H33N3/c1-50(2)42-25-13-24-38-36-22-11-19-30-20-12-23-37(43(30)36)39-26-27-40(46(50)45(39)44(38)42)41-29-34(28-33-18-9-10-21-35(33)41)49-52-47(31-14-5-3-6-15-31)51-48(53-49)32-16-7-4-8-17-32/h3-29H,1-2H3. The Balaban J connectivity index is 1.20. The molecule has 0 bridgehead atoms. The highest BCUT2D eigenvalue weighted by atomic mass is 15.0. The number of rotatable bonds is 4. The van der Waals surface area contributed by atoms with Crippen molar-refractivity contribution in [2.45, 2.75) is 19.3 Å². The van der Waals surface area contributed by atoms with Gasteiger partial charge in [-0.2, -0.15) is 0 Å². The normalized spacial score (nSPS) is 13.2. The van der Waals surface area contributed by atoms with Gasteiger partial charge in [-0.05, 0) is 89.3 Å². The predicted octanol–water partition coefficient (Wildman–Crippen LogP) is 12.8. The highest BCUT2D eigenvalue weighted by molar-refractivity contribution is 6.17. The van der Waals surface area contributed by atoms with E-state index in [9.17, 15) is 0 Å². The molecular weight excluding hydrogens is 643 g/mol. The lowest BCUT2D eigenvalue weighted by atomic mass is 9.76. The van der Waals surface area contributed by atoms with Crippen LogP contribution in [0.1, 0.15) is 25.0 Å². The minimum atomic E-state index is -0.239. The van der Waals surface area contributed by atoms with Gasteiger partial charge in [0.1, 0.15) is 0 Å². The second-order valence-electron chi connectivity index (χ2n) is 14.8. The molecule has 0 aliphatic heterocycles. The third-order valence-corrected chi connectivity index (χ3v) is 11.4. The van der Waals surface area contributed by atoms with Crippen LogP contribution in [0, 0.1) is 0 Å². The fourth-order valence-electron chi connectivity index (χ4n) is 9.05. The van der Waals surface area contributed by atoms with Gasteiger partial charge in [-0.25, -0.2) is 15.0 Å². The van der Waals surface area contributed by atoms with E-state index < -0.39 is 0 Å². The van der Waals surface area contributed by atoms with Gasteiger partial charge < -0.3 is 0 Å². The summed E-state index contributed by atoms with van der Waals surface area (Å²) in [4.78, 5) is 15.3. The van der Waals surface area contributed by atoms with Crippen LogP contribution < -0.4 is 0 Å². The minimum absolute atomic E-state index is 0.239. The van der Waals surface area contributed by atoms with Crippen LogP contribution in [0.3, 0.4) is 0 Å². The molecular formula is C50H33N3. The molecule has 0 amide bonds. The minimum Gasteiger partial charge on any atom is -0.208 e. The summed E-state index contributed by atoms with van der Waals surface area (Å²) in [5.41, 5.74) is 15.8. The van der Waals surface area contributed by atoms with Crippen LogP contribution in [-0.2, 0) is 5.41 Å². The first-order chi connectivity index (χ1) is 26.0. The summed E-state index contributed by atoms with van der Waals surface area (Å²) < 4.78 is 0. The Bertz CT molecular complexity index is 2900. The number of nitrogens with zero attached hydrogens (tertiary/aromatic N) is 3. The average Bonchev–Trinajstić information content (AvgIpc) is 3.39. The van der Waals surface area contributed by atoms with E-state index in [1.165, 1.54) is 71.8 Å². The van der Waals surface area contributed by atoms with Crippen molar-refractivity contribution < 1.29 is 0 Å². The van der Waals surface area contributed by atoms with Gasteiger partial charge in [0.25, 0.3) is 0 Å². The summed E-state index contributed by atoms with van der Waals surface area (Å²) in [5, 5.41) is 4.96. The van der Waals surface area contributed by atoms with Crippen LogP contribution in [0.25, 0.3) is 100 Å². The van der Waals surface area contributed by atoms with Crippen LogP contribution in [0.15, 0.2) is 164 Å². The SMILES string of the molecule is CC1(C)c2cccc3c2-c2c(ccc(-c4cc(-c5nc(-c6ccccc6)nc(-c6ccccc6)n5)cc5ccccc45)c21)-c1cccc2cccc-3c12. The van der Waals surface area contributed by atoms with Crippen LogP contribution in [0.5, 0.6) is 0 Å². The number of hydrogen-bond acceptors (Lipinski definition) is 3. The maximum Gasteiger partial charge on any atom is 0.164 e. The van der Waals surface area contributed by atoms with E-state index in [1.807, 2.05) is 36.4 Å². The first kappa shape index (κ1) is 30.0. The average molecular weight is 676 g/mol. The van der Waals surface area contributed by atoms with Crippen molar-refractivity contribution in [3.8, 4) is 78.7 Å². The van der Waals surface area contributed by atoms with Crippen molar-refractivity contribution in [3.05, 3.63) is 175 Å². The highest BCUT2D eigenvalue weighted by Gasteiger charge is 2.42. The number of hydrogen-bond donors (Lipinski definition) is 0. The molecule has 0 radical (unpaired) electrons. The van der Waals surface area contributed by atoms with Crippen LogP contribution >= 0.6 is 0 Å². The molecule has 0 N–H and O–H groups in total. The Hall–Kier alpha value is -6.71. The van der Waals surface area contributed by atoms with Gasteiger partial charge in [-0.15, -0.1) is 0 Å². The zero-order valence-electron chi connectivity index (χ0n) is 29.4. The molecule has 0 saturated carbocycles. The lowest BCUT2D eigenvalue weighted by Gasteiger charge is -2.26. The number of aromatic nitrogens is 3. The smallest absolute Gasteiger partial charge is 0.164 e. The maximum absolute atomic E-state index is 5.14. The Morgan fingerprint density at radius 1 is 0.377 bits per heavy atom. The molecule has 3 heteroatoms. The highest BCUT2D eigenvalue weighted by Crippen LogP contribution is 2.60. The predicted molar refractivity (Wildman–Crippen MR) is 219 cm³/mol. The summed E-state index contributed by atoms with van der Waals surface area (Å²) in [6, 6.07) is 58.8.